The number of aliphatic hydroxyl groups excluding tert-OH is 1. The average Bonchev–Trinajstić information content (AvgIpc) is 2.24. The molecule has 1 N–H and O–H groups in total. The Hall–Kier alpha value is -0.640. The summed E-state index contributed by atoms with van der Waals surface area (Å²) in [7, 11) is 0. The van der Waals surface area contributed by atoms with Crippen molar-refractivity contribution in [3.63, 3.8) is 0 Å². The summed E-state index contributed by atoms with van der Waals surface area (Å²) in [6, 6.07) is 5.65. The maximum absolute atomic E-state index is 8.76. The van der Waals surface area contributed by atoms with E-state index in [1.165, 1.54) is 0 Å². The maximum atomic E-state index is 8.76. The predicted octanol–water partition coefficient (Wildman–Crippen LogP) is 1.94. The Balaban J connectivity index is 2.50. The van der Waals surface area contributed by atoms with Crippen LogP contribution in [0.25, 0.3) is 0 Å². The van der Waals surface area contributed by atoms with E-state index in [4.69, 9.17) is 16.7 Å². The minimum absolute atomic E-state index is 0.236. The fourth-order valence-electron chi connectivity index (χ4n) is 1.41. The second kappa shape index (κ2) is 6.77. The summed E-state index contributed by atoms with van der Waals surface area (Å²) in [5.41, 5.74) is 0.974. The van der Waals surface area contributed by atoms with Gasteiger partial charge in [-0.25, -0.2) is 4.98 Å². The molecule has 0 aromatic carbocycles. The third kappa shape index (κ3) is 4.60. The van der Waals surface area contributed by atoms with Crippen LogP contribution < -0.4 is 0 Å². The summed E-state index contributed by atoms with van der Waals surface area (Å²) >= 11 is 5.81. The SMILES string of the molecule is CCN(CCCO)Cc1cccc(Cl)n1. The third-order valence-corrected chi connectivity index (χ3v) is 2.45. The van der Waals surface area contributed by atoms with Crippen LogP contribution in [0.4, 0.5) is 0 Å². The van der Waals surface area contributed by atoms with Crippen molar-refractivity contribution >= 4 is 11.6 Å². The molecule has 1 heterocycles. The van der Waals surface area contributed by atoms with Crippen molar-refractivity contribution in [1.29, 1.82) is 0 Å². The van der Waals surface area contributed by atoms with E-state index in [0.29, 0.717) is 5.15 Å². The number of halogens is 1. The molecule has 0 spiro atoms. The molecular weight excluding hydrogens is 212 g/mol. The van der Waals surface area contributed by atoms with Gasteiger partial charge in [-0.05, 0) is 25.1 Å². The smallest absolute Gasteiger partial charge is 0.129 e. The van der Waals surface area contributed by atoms with Gasteiger partial charge in [0.1, 0.15) is 5.15 Å². The van der Waals surface area contributed by atoms with Gasteiger partial charge in [-0.3, -0.25) is 4.90 Å². The van der Waals surface area contributed by atoms with Crippen molar-refractivity contribution in [2.45, 2.75) is 19.9 Å². The summed E-state index contributed by atoms with van der Waals surface area (Å²) in [5.74, 6) is 0. The first-order valence-electron chi connectivity index (χ1n) is 5.21. The van der Waals surface area contributed by atoms with Crippen LogP contribution in [0.5, 0.6) is 0 Å². The van der Waals surface area contributed by atoms with E-state index >= 15 is 0 Å². The van der Waals surface area contributed by atoms with Crippen LogP contribution in [0.2, 0.25) is 5.15 Å². The first-order valence-corrected chi connectivity index (χ1v) is 5.58. The van der Waals surface area contributed by atoms with Gasteiger partial charge in [-0.2, -0.15) is 0 Å². The van der Waals surface area contributed by atoms with Crippen molar-refractivity contribution < 1.29 is 5.11 Å². The van der Waals surface area contributed by atoms with Gasteiger partial charge in [0.15, 0.2) is 0 Å². The highest BCUT2D eigenvalue weighted by Gasteiger charge is 2.04. The Kier molecular flexibility index (Phi) is 5.61. The van der Waals surface area contributed by atoms with E-state index in [0.717, 1.165) is 31.7 Å². The lowest BCUT2D eigenvalue weighted by atomic mass is 10.3. The lowest BCUT2D eigenvalue weighted by molar-refractivity contribution is 0.224. The van der Waals surface area contributed by atoms with Crippen LogP contribution in [-0.4, -0.2) is 34.7 Å². The molecule has 0 amide bonds. The van der Waals surface area contributed by atoms with E-state index in [2.05, 4.69) is 16.8 Å². The molecule has 0 aliphatic carbocycles. The molecule has 1 rings (SSSR count). The lowest BCUT2D eigenvalue weighted by Crippen LogP contribution is -2.25. The molecule has 0 bridgehead atoms. The van der Waals surface area contributed by atoms with Gasteiger partial charge in [-0.15, -0.1) is 0 Å². The molecule has 0 radical (unpaired) electrons. The number of rotatable bonds is 6. The summed E-state index contributed by atoms with van der Waals surface area (Å²) in [6.45, 7) is 4.97. The quantitative estimate of drug-likeness (QED) is 0.756. The van der Waals surface area contributed by atoms with Gasteiger partial charge in [0, 0.05) is 19.7 Å². The van der Waals surface area contributed by atoms with Crippen molar-refractivity contribution in [3.8, 4) is 0 Å². The fraction of sp³-hybridized carbons (Fsp3) is 0.545. The van der Waals surface area contributed by atoms with Crippen molar-refractivity contribution in [2.75, 3.05) is 19.7 Å². The van der Waals surface area contributed by atoms with Crippen molar-refractivity contribution in [2.24, 2.45) is 0 Å². The highest BCUT2D eigenvalue weighted by atomic mass is 35.5. The number of aliphatic hydroxyl groups is 1. The summed E-state index contributed by atoms with van der Waals surface area (Å²) in [5, 5.41) is 9.29. The average molecular weight is 229 g/mol. The Labute approximate surface area is 95.7 Å². The summed E-state index contributed by atoms with van der Waals surface area (Å²) < 4.78 is 0. The highest BCUT2D eigenvalue weighted by molar-refractivity contribution is 6.29. The molecule has 15 heavy (non-hydrogen) atoms. The molecule has 0 fully saturated rings. The zero-order chi connectivity index (χ0) is 11.1. The second-order valence-corrected chi connectivity index (χ2v) is 3.78. The van der Waals surface area contributed by atoms with E-state index in [9.17, 15) is 0 Å². The molecule has 1 aromatic heterocycles. The second-order valence-electron chi connectivity index (χ2n) is 3.40. The van der Waals surface area contributed by atoms with Crippen LogP contribution in [-0.2, 0) is 6.54 Å². The summed E-state index contributed by atoms with van der Waals surface area (Å²) in [6.07, 6.45) is 0.800. The molecular formula is C11H17ClN2O. The Morgan fingerprint density at radius 1 is 1.47 bits per heavy atom. The topological polar surface area (TPSA) is 36.4 Å². The lowest BCUT2D eigenvalue weighted by Gasteiger charge is -2.19. The van der Waals surface area contributed by atoms with Gasteiger partial charge >= 0.3 is 0 Å². The molecule has 0 saturated heterocycles. The minimum Gasteiger partial charge on any atom is -0.396 e. The monoisotopic (exact) mass is 228 g/mol. The molecule has 4 heteroatoms. The normalized spacial score (nSPS) is 10.9. The molecule has 0 unspecified atom stereocenters. The zero-order valence-electron chi connectivity index (χ0n) is 8.99. The van der Waals surface area contributed by atoms with Crippen LogP contribution in [0.3, 0.4) is 0 Å². The van der Waals surface area contributed by atoms with Gasteiger partial charge in [0.05, 0.1) is 5.69 Å². The van der Waals surface area contributed by atoms with Gasteiger partial charge in [0.2, 0.25) is 0 Å². The number of hydrogen-bond donors (Lipinski definition) is 1. The van der Waals surface area contributed by atoms with Crippen LogP contribution in [0.1, 0.15) is 19.0 Å². The Bertz CT molecular complexity index is 294. The highest BCUT2D eigenvalue weighted by Crippen LogP contribution is 2.07. The molecule has 1 aromatic rings. The maximum Gasteiger partial charge on any atom is 0.129 e. The number of aromatic nitrogens is 1. The van der Waals surface area contributed by atoms with Crippen LogP contribution >= 0.6 is 11.6 Å². The number of hydrogen-bond acceptors (Lipinski definition) is 3. The van der Waals surface area contributed by atoms with Gasteiger partial charge in [0.25, 0.3) is 0 Å². The Morgan fingerprint density at radius 3 is 2.87 bits per heavy atom. The van der Waals surface area contributed by atoms with E-state index in [1.54, 1.807) is 6.07 Å². The first-order chi connectivity index (χ1) is 7.26. The van der Waals surface area contributed by atoms with E-state index in [1.807, 2.05) is 12.1 Å². The van der Waals surface area contributed by atoms with Crippen molar-refractivity contribution in [1.82, 2.24) is 9.88 Å². The van der Waals surface area contributed by atoms with Gasteiger partial charge < -0.3 is 5.11 Å². The molecule has 0 saturated carbocycles. The minimum atomic E-state index is 0.236. The zero-order valence-corrected chi connectivity index (χ0v) is 9.74. The van der Waals surface area contributed by atoms with E-state index < -0.39 is 0 Å². The van der Waals surface area contributed by atoms with Crippen LogP contribution in [0, 0.1) is 0 Å². The molecule has 0 aliphatic rings. The van der Waals surface area contributed by atoms with Gasteiger partial charge in [-0.1, -0.05) is 24.6 Å². The first kappa shape index (κ1) is 12.4. The van der Waals surface area contributed by atoms with Crippen molar-refractivity contribution in [3.05, 3.63) is 29.0 Å². The standard InChI is InChI=1S/C11H17ClN2O/c1-2-14(7-4-8-15)9-10-5-3-6-11(12)13-10/h3,5-6,15H,2,4,7-9H2,1H3. The van der Waals surface area contributed by atoms with E-state index in [-0.39, 0.29) is 6.61 Å². The molecule has 0 aliphatic heterocycles. The largest absolute Gasteiger partial charge is 0.396 e. The predicted molar refractivity (Wildman–Crippen MR) is 61.9 cm³/mol. The Morgan fingerprint density at radius 2 is 2.27 bits per heavy atom. The molecule has 84 valence electrons. The third-order valence-electron chi connectivity index (χ3n) is 2.24. The fourth-order valence-corrected chi connectivity index (χ4v) is 1.59. The number of pyridine rings is 1. The van der Waals surface area contributed by atoms with Crippen LogP contribution in [0.15, 0.2) is 18.2 Å². The number of nitrogens with zero attached hydrogens (tertiary/aromatic N) is 2. The summed E-state index contributed by atoms with van der Waals surface area (Å²) in [4.78, 5) is 6.46. The molecule has 3 nitrogen and oxygen atoms in total. The molecule has 0 atom stereocenters.